The number of hydroxylamine groups is 2. The standard InChI is InChI=1S/C16H23N2O/c1-15(2)10-14(11-16(3,4)18(15)19)17-12-13-8-6-5-7-9-13/h5-9,12,14H,10-11H2,1-4H3. The fourth-order valence-electron chi connectivity index (χ4n) is 3.05. The molecule has 0 bridgehead atoms. The highest BCUT2D eigenvalue weighted by atomic mass is 16.5. The minimum absolute atomic E-state index is 0.218. The molecule has 1 aliphatic heterocycles. The second-order valence-corrected chi connectivity index (χ2v) is 6.67. The van der Waals surface area contributed by atoms with Crippen LogP contribution in [-0.2, 0) is 5.21 Å². The largest absolute Gasteiger partial charge is 0.289 e. The van der Waals surface area contributed by atoms with Crippen LogP contribution in [0, 0.1) is 0 Å². The Morgan fingerprint density at radius 2 is 1.63 bits per heavy atom. The van der Waals surface area contributed by atoms with E-state index >= 15 is 0 Å². The van der Waals surface area contributed by atoms with Gasteiger partial charge in [0, 0.05) is 17.3 Å². The molecule has 1 heterocycles. The maximum Gasteiger partial charge on any atom is 0.0536 e. The second-order valence-electron chi connectivity index (χ2n) is 6.67. The summed E-state index contributed by atoms with van der Waals surface area (Å²) in [4.78, 5) is 4.69. The highest BCUT2D eigenvalue weighted by Crippen LogP contribution is 2.38. The molecule has 0 aromatic heterocycles. The first-order chi connectivity index (χ1) is 8.81. The lowest BCUT2D eigenvalue weighted by molar-refractivity contribution is -0.288. The van der Waals surface area contributed by atoms with Crippen molar-refractivity contribution < 1.29 is 5.21 Å². The van der Waals surface area contributed by atoms with Crippen molar-refractivity contribution in [3.8, 4) is 0 Å². The number of rotatable bonds is 2. The van der Waals surface area contributed by atoms with Gasteiger partial charge in [-0.3, -0.25) is 4.99 Å². The van der Waals surface area contributed by atoms with E-state index in [1.54, 1.807) is 0 Å². The minimum Gasteiger partial charge on any atom is -0.289 e. The molecule has 0 unspecified atom stereocenters. The van der Waals surface area contributed by atoms with Gasteiger partial charge in [0.2, 0.25) is 0 Å². The highest BCUT2D eigenvalue weighted by Gasteiger charge is 2.45. The van der Waals surface area contributed by atoms with Gasteiger partial charge in [0.25, 0.3) is 0 Å². The third-order valence-corrected chi connectivity index (χ3v) is 3.80. The summed E-state index contributed by atoms with van der Waals surface area (Å²) in [5.74, 6) is 0. The van der Waals surface area contributed by atoms with Crippen LogP contribution < -0.4 is 0 Å². The van der Waals surface area contributed by atoms with Gasteiger partial charge in [-0.05, 0) is 46.1 Å². The van der Waals surface area contributed by atoms with Gasteiger partial charge in [-0.2, -0.15) is 0 Å². The Kier molecular flexibility index (Phi) is 3.79. The van der Waals surface area contributed by atoms with Crippen LogP contribution in [0.3, 0.4) is 0 Å². The number of hydrogen-bond acceptors (Lipinski definition) is 2. The molecule has 1 saturated heterocycles. The van der Waals surface area contributed by atoms with Gasteiger partial charge in [-0.15, -0.1) is 10.3 Å². The van der Waals surface area contributed by atoms with Gasteiger partial charge < -0.3 is 0 Å². The Morgan fingerprint density at radius 3 is 2.16 bits per heavy atom. The average molecular weight is 259 g/mol. The Hall–Kier alpha value is -1.19. The normalized spacial score (nSPS) is 23.8. The predicted molar refractivity (Wildman–Crippen MR) is 77.7 cm³/mol. The maximum absolute atomic E-state index is 12.3. The number of aliphatic imine (C=N–C) groups is 1. The first kappa shape index (κ1) is 14.2. The molecule has 0 spiro atoms. The van der Waals surface area contributed by atoms with Crippen molar-refractivity contribution >= 4 is 6.21 Å². The molecular weight excluding hydrogens is 236 g/mol. The third-order valence-electron chi connectivity index (χ3n) is 3.80. The van der Waals surface area contributed by atoms with E-state index in [2.05, 4.69) is 4.99 Å². The number of piperidine rings is 1. The smallest absolute Gasteiger partial charge is 0.0536 e. The minimum atomic E-state index is -0.347. The summed E-state index contributed by atoms with van der Waals surface area (Å²) < 4.78 is 0. The van der Waals surface area contributed by atoms with E-state index in [0.717, 1.165) is 18.4 Å². The molecule has 0 aliphatic carbocycles. The lowest BCUT2D eigenvalue weighted by atomic mass is 9.79. The van der Waals surface area contributed by atoms with E-state index in [9.17, 15) is 5.21 Å². The quantitative estimate of drug-likeness (QED) is 0.749. The van der Waals surface area contributed by atoms with Gasteiger partial charge in [0.1, 0.15) is 0 Å². The molecule has 103 valence electrons. The lowest BCUT2D eigenvalue weighted by Gasteiger charge is -2.48. The van der Waals surface area contributed by atoms with Crippen molar-refractivity contribution in [3.05, 3.63) is 35.9 Å². The van der Waals surface area contributed by atoms with Crippen LogP contribution in [0.25, 0.3) is 0 Å². The number of benzene rings is 1. The molecule has 0 saturated carbocycles. The number of nitrogens with zero attached hydrogens (tertiary/aromatic N) is 2. The predicted octanol–water partition coefficient (Wildman–Crippen LogP) is 3.47. The van der Waals surface area contributed by atoms with Crippen molar-refractivity contribution in [1.82, 2.24) is 5.06 Å². The molecular formula is C16H23N2O. The summed E-state index contributed by atoms with van der Waals surface area (Å²) >= 11 is 0. The van der Waals surface area contributed by atoms with Crippen molar-refractivity contribution in [2.75, 3.05) is 0 Å². The van der Waals surface area contributed by atoms with Gasteiger partial charge in [-0.25, -0.2) is 0 Å². The van der Waals surface area contributed by atoms with E-state index in [0.29, 0.717) is 0 Å². The van der Waals surface area contributed by atoms with Crippen LogP contribution in [0.4, 0.5) is 0 Å². The third kappa shape index (κ3) is 3.23. The molecule has 1 fully saturated rings. The molecule has 19 heavy (non-hydrogen) atoms. The zero-order valence-electron chi connectivity index (χ0n) is 12.3. The topological polar surface area (TPSA) is 35.5 Å². The van der Waals surface area contributed by atoms with E-state index in [1.165, 1.54) is 5.06 Å². The second kappa shape index (κ2) is 5.06. The van der Waals surface area contributed by atoms with Gasteiger partial charge >= 0.3 is 0 Å². The van der Waals surface area contributed by atoms with Crippen LogP contribution in [0.2, 0.25) is 0 Å². The first-order valence-corrected chi connectivity index (χ1v) is 6.87. The van der Waals surface area contributed by atoms with Crippen LogP contribution in [0.1, 0.15) is 46.1 Å². The van der Waals surface area contributed by atoms with Crippen LogP contribution in [-0.4, -0.2) is 28.4 Å². The summed E-state index contributed by atoms with van der Waals surface area (Å²) in [6.45, 7) is 8.02. The Morgan fingerprint density at radius 1 is 1.11 bits per heavy atom. The van der Waals surface area contributed by atoms with Crippen LogP contribution >= 0.6 is 0 Å². The summed E-state index contributed by atoms with van der Waals surface area (Å²) in [6, 6.07) is 10.3. The molecule has 1 aromatic carbocycles. The van der Waals surface area contributed by atoms with E-state index in [4.69, 9.17) is 0 Å². The molecule has 3 heteroatoms. The zero-order valence-corrected chi connectivity index (χ0v) is 12.3. The van der Waals surface area contributed by atoms with Gasteiger partial charge in [0.05, 0.1) is 6.04 Å². The van der Waals surface area contributed by atoms with E-state index < -0.39 is 0 Å². The Balaban J connectivity index is 2.12. The summed E-state index contributed by atoms with van der Waals surface area (Å²) in [5.41, 5.74) is 0.420. The zero-order chi connectivity index (χ0) is 14.1. The molecule has 0 N–H and O–H groups in total. The van der Waals surface area contributed by atoms with Gasteiger partial charge in [0.15, 0.2) is 0 Å². The van der Waals surface area contributed by atoms with Crippen molar-refractivity contribution in [1.29, 1.82) is 0 Å². The Labute approximate surface area is 115 Å². The van der Waals surface area contributed by atoms with Crippen molar-refractivity contribution in [2.24, 2.45) is 4.99 Å². The van der Waals surface area contributed by atoms with E-state index in [1.807, 2.05) is 64.2 Å². The SMILES string of the molecule is CC1(C)CC(N=Cc2ccccc2)CC(C)(C)N1[O]. The molecule has 1 aromatic rings. The maximum atomic E-state index is 12.3. The fourth-order valence-corrected chi connectivity index (χ4v) is 3.05. The molecule has 3 nitrogen and oxygen atoms in total. The lowest BCUT2D eigenvalue weighted by Crippen LogP contribution is -2.59. The highest BCUT2D eigenvalue weighted by molar-refractivity contribution is 5.79. The molecule has 0 amide bonds. The number of hydrogen-bond donors (Lipinski definition) is 0. The van der Waals surface area contributed by atoms with Crippen LogP contribution in [0.15, 0.2) is 35.3 Å². The van der Waals surface area contributed by atoms with Gasteiger partial charge in [-0.1, -0.05) is 30.3 Å². The average Bonchev–Trinajstić information content (AvgIpc) is 2.34. The van der Waals surface area contributed by atoms with E-state index in [-0.39, 0.29) is 17.1 Å². The summed E-state index contributed by atoms with van der Waals surface area (Å²) in [5, 5.41) is 13.5. The van der Waals surface area contributed by atoms with Crippen molar-refractivity contribution in [2.45, 2.75) is 57.7 Å². The summed E-state index contributed by atoms with van der Waals surface area (Å²) in [7, 11) is 0. The fraction of sp³-hybridized carbons (Fsp3) is 0.562. The monoisotopic (exact) mass is 259 g/mol. The summed E-state index contributed by atoms with van der Waals surface area (Å²) in [6.07, 6.45) is 3.55. The molecule has 2 rings (SSSR count). The van der Waals surface area contributed by atoms with Crippen LogP contribution in [0.5, 0.6) is 0 Å². The molecule has 1 aliphatic rings. The molecule has 0 atom stereocenters. The first-order valence-electron chi connectivity index (χ1n) is 6.87. The Bertz CT molecular complexity index is 433. The molecule has 1 radical (unpaired) electrons. The van der Waals surface area contributed by atoms with Crippen molar-refractivity contribution in [3.63, 3.8) is 0 Å².